The highest BCUT2D eigenvalue weighted by molar-refractivity contribution is 5.84. The Hall–Kier alpha value is -1.78. The van der Waals surface area contributed by atoms with Crippen LogP contribution in [-0.2, 0) is 9.53 Å². The van der Waals surface area contributed by atoms with Crippen molar-refractivity contribution in [2.45, 2.75) is 44.6 Å². The maximum absolute atomic E-state index is 11.5. The Morgan fingerprint density at radius 1 is 1.58 bits per heavy atom. The second-order valence-corrected chi connectivity index (χ2v) is 4.93. The van der Waals surface area contributed by atoms with E-state index in [4.69, 9.17) is 4.74 Å². The Labute approximate surface area is 113 Å². The topological polar surface area (TPSA) is 75.6 Å². The Morgan fingerprint density at radius 2 is 2.32 bits per heavy atom. The predicted molar refractivity (Wildman–Crippen MR) is 71.9 cm³/mol. The Kier molecular flexibility index (Phi) is 5.60. The van der Waals surface area contributed by atoms with E-state index >= 15 is 0 Å². The van der Waals surface area contributed by atoms with Crippen molar-refractivity contribution in [3.8, 4) is 0 Å². The van der Waals surface area contributed by atoms with Crippen LogP contribution in [0, 0.1) is 0 Å². The van der Waals surface area contributed by atoms with E-state index in [9.17, 15) is 14.7 Å². The van der Waals surface area contributed by atoms with Gasteiger partial charge in [-0.15, -0.1) is 0 Å². The summed E-state index contributed by atoms with van der Waals surface area (Å²) in [7, 11) is 0. The van der Waals surface area contributed by atoms with Gasteiger partial charge in [-0.05, 0) is 32.6 Å². The summed E-state index contributed by atoms with van der Waals surface area (Å²) in [5.74, 6) is -1.06. The van der Waals surface area contributed by atoms with E-state index in [-0.39, 0.29) is 6.61 Å². The quantitative estimate of drug-likeness (QED) is 0.725. The molecule has 0 aromatic carbocycles. The molecule has 5 heteroatoms. The average Bonchev–Trinajstić information content (AvgIpc) is 2.37. The molecule has 0 spiro atoms. The van der Waals surface area contributed by atoms with Crippen molar-refractivity contribution in [2.75, 3.05) is 6.61 Å². The first-order chi connectivity index (χ1) is 8.98. The highest BCUT2D eigenvalue weighted by atomic mass is 16.5. The van der Waals surface area contributed by atoms with Gasteiger partial charge in [0.25, 0.3) is 0 Å². The minimum Gasteiger partial charge on any atom is -0.480 e. The van der Waals surface area contributed by atoms with E-state index < -0.39 is 17.6 Å². The molecular weight excluding hydrogens is 246 g/mol. The third-order valence-corrected chi connectivity index (χ3v) is 3.15. The van der Waals surface area contributed by atoms with Crippen LogP contribution in [0.4, 0.5) is 4.79 Å². The van der Waals surface area contributed by atoms with E-state index in [1.54, 1.807) is 0 Å². The molecule has 1 unspecified atom stereocenters. The first-order valence-electron chi connectivity index (χ1n) is 6.45. The molecule has 5 nitrogen and oxygen atoms in total. The zero-order chi connectivity index (χ0) is 14.3. The predicted octanol–water partition coefficient (Wildman–Crippen LogP) is 2.63. The number of carboxylic acid groups (broad SMARTS) is 1. The number of hydrogen-bond acceptors (Lipinski definition) is 3. The average molecular weight is 267 g/mol. The van der Waals surface area contributed by atoms with Gasteiger partial charge in [0.2, 0.25) is 0 Å². The standard InChI is InChI=1S/C14H21NO4/c1-3-9-19-13(18)15-14(2,12(16)17)10-11-7-5-4-6-8-11/h3,7H,1,4-6,8-10H2,2H3,(H,15,18)(H,16,17). The number of nitrogens with one attached hydrogen (secondary N) is 1. The van der Waals surface area contributed by atoms with Crippen molar-refractivity contribution >= 4 is 12.1 Å². The van der Waals surface area contributed by atoms with Crippen LogP contribution in [0.5, 0.6) is 0 Å². The zero-order valence-electron chi connectivity index (χ0n) is 11.3. The number of carbonyl (C=O) groups excluding carboxylic acids is 1. The van der Waals surface area contributed by atoms with Gasteiger partial charge >= 0.3 is 12.1 Å². The Morgan fingerprint density at radius 3 is 2.84 bits per heavy atom. The zero-order valence-corrected chi connectivity index (χ0v) is 11.3. The molecule has 1 rings (SSSR count). The largest absolute Gasteiger partial charge is 0.480 e. The summed E-state index contributed by atoms with van der Waals surface area (Å²) in [5.41, 5.74) is -0.248. The van der Waals surface area contributed by atoms with Gasteiger partial charge in [-0.2, -0.15) is 0 Å². The first-order valence-corrected chi connectivity index (χ1v) is 6.45. The van der Waals surface area contributed by atoms with Crippen LogP contribution < -0.4 is 5.32 Å². The lowest BCUT2D eigenvalue weighted by Gasteiger charge is -2.28. The van der Waals surface area contributed by atoms with Gasteiger partial charge in [0.1, 0.15) is 12.1 Å². The summed E-state index contributed by atoms with van der Waals surface area (Å²) in [6.07, 6.45) is 7.16. The summed E-state index contributed by atoms with van der Waals surface area (Å²) in [6.45, 7) is 4.99. The molecule has 0 radical (unpaired) electrons. The Balaban J connectivity index is 2.67. The number of carboxylic acids is 1. The smallest absolute Gasteiger partial charge is 0.408 e. The van der Waals surface area contributed by atoms with Crippen molar-refractivity contribution in [2.24, 2.45) is 0 Å². The van der Waals surface area contributed by atoms with Crippen LogP contribution >= 0.6 is 0 Å². The molecule has 0 aliphatic heterocycles. The molecule has 0 heterocycles. The van der Waals surface area contributed by atoms with Gasteiger partial charge in [0, 0.05) is 6.42 Å². The summed E-state index contributed by atoms with van der Waals surface area (Å²) >= 11 is 0. The number of ether oxygens (including phenoxy) is 1. The van der Waals surface area contributed by atoms with Crippen LogP contribution in [0.2, 0.25) is 0 Å². The van der Waals surface area contributed by atoms with Gasteiger partial charge in [-0.25, -0.2) is 9.59 Å². The second-order valence-electron chi connectivity index (χ2n) is 4.93. The van der Waals surface area contributed by atoms with Gasteiger partial charge in [-0.3, -0.25) is 0 Å². The molecular formula is C14H21NO4. The number of allylic oxidation sites excluding steroid dienone is 1. The number of aliphatic carboxylic acids is 1. The van der Waals surface area contributed by atoms with Gasteiger partial charge < -0.3 is 15.2 Å². The van der Waals surface area contributed by atoms with Crippen LogP contribution in [0.15, 0.2) is 24.3 Å². The SMILES string of the molecule is C=CCOC(=O)NC(C)(CC1=CCCCC1)C(=O)O. The minimum absolute atomic E-state index is 0.0598. The summed E-state index contributed by atoms with van der Waals surface area (Å²) < 4.78 is 4.78. The van der Waals surface area contributed by atoms with E-state index in [1.165, 1.54) is 13.0 Å². The van der Waals surface area contributed by atoms with E-state index in [2.05, 4.69) is 18.0 Å². The molecule has 0 saturated heterocycles. The lowest BCUT2D eigenvalue weighted by molar-refractivity contribution is -0.143. The second kappa shape index (κ2) is 6.97. The van der Waals surface area contributed by atoms with Crippen LogP contribution in [-0.4, -0.2) is 29.3 Å². The number of rotatable bonds is 6. The molecule has 19 heavy (non-hydrogen) atoms. The van der Waals surface area contributed by atoms with Crippen LogP contribution in [0.25, 0.3) is 0 Å². The molecule has 0 saturated carbocycles. The number of alkyl carbamates (subject to hydrolysis) is 1. The molecule has 2 N–H and O–H groups in total. The number of carbonyl (C=O) groups is 2. The number of hydrogen-bond donors (Lipinski definition) is 2. The number of amides is 1. The Bertz CT molecular complexity index is 389. The fourth-order valence-electron chi connectivity index (χ4n) is 2.09. The lowest BCUT2D eigenvalue weighted by Crippen LogP contribution is -2.52. The molecule has 1 aliphatic carbocycles. The van der Waals surface area contributed by atoms with Crippen molar-refractivity contribution < 1.29 is 19.4 Å². The summed E-state index contributed by atoms with van der Waals surface area (Å²) in [6, 6.07) is 0. The fraction of sp³-hybridized carbons (Fsp3) is 0.571. The maximum Gasteiger partial charge on any atom is 0.408 e. The summed E-state index contributed by atoms with van der Waals surface area (Å²) in [4.78, 5) is 22.9. The molecule has 0 bridgehead atoms. The van der Waals surface area contributed by atoms with Gasteiger partial charge in [0.05, 0.1) is 0 Å². The molecule has 0 fully saturated rings. The normalized spacial score (nSPS) is 17.8. The fourth-order valence-corrected chi connectivity index (χ4v) is 2.09. The highest BCUT2D eigenvalue weighted by Gasteiger charge is 2.36. The van der Waals surface area contributed by atoms with Gasteiger partial charge in [0.15, 0.2) is 0 Å². The minimum atomic E-state index is -1.33. The molecule has 1 amide bonds. The molecule has 106 valence electrons. The highest BCUT2D eigenvalue weighted by Crippen LogP contribution is 2.26. The maximum atomic E-state index is 11.5. The summed E-state index contributed by atoms with van der Waals surface area (Å²) in [5, 5.41) is 11.7. The third kappa shape index (κ3) is 4.77. The van der Waals surface area contributed by atoms with Crippen molar-refractivity contribution in [3.05, 3.63) is 24.3 Å². The van der Waals surface area contributed by atoms with Crippen molar-refractivity contribution in [3.63, 3.8) is 0 Å². The first kappa shape index (κ1) is 15.3. The van der Waals surface area contributed by atoms with E-state index in [0.29, 0.717) is 6.42 Å². The van der Waals surface area contributed by atoms with E-state index in [1.807, 2.05) is 0 Å². The van der Waals surface area contributed by atoms with Crippen LogP contribution in [0.3, 0.4) is 0 Å². The molecule has 0 aromatic rings. The monoisotopic (exact) mass is 267 g/mol. The van der Waals surface area contributed by atoms with E-state index in [0.717, 1.165) is 31.3 Å². The van der Waals surface area contributed by atoms with Crippen LogP contribution in [0.1, 0.15) is 39.0 Å². The molecule has 0 aromatic heterocycles. The third-order valence-electron chi connectivity index (χ3n) is 3.15. The lowest BCUT2D eigenvalue weighted by atomic mass is 9.87. The molecule has 1 atom stereocenters. The van der Waals surface area contributed by atoms with Crippen molar-refractivity contribution in [1.82, 2.24) is 5.32 Å². The van der Waals surface area contributed by atoms with Gasteiger partial charge in [-0.1, -0.05) is 24.3 Å². The van der Waals surface area contributed by atoms with Crippen molar-refractivity contribution in [1.29, 1.82) is 0 Å². The molecule has 1 aliphatic rings.